The van der Waals surface area contributed by atoms with Crippen molar-refractivity contribution in [1.29, 1.82) is 0 Å². The number of halogens is 3. The van der Waals surface area contributed by atoms with Crippen molar-refractivity contribution in [2.75, 3.05) is 6.54 Å². The fourth-order valence-electron chi connectivity index (χ4n) is 2.62. The highest BCUT2D eigenvalue weighted by Gasteiger charge is 2.39. The molecule has 0 aromatic heterocycles. The van der Waals surface area contributed by atoms with Crippen molar-refractivity contribution >= 4 is 10.0 Å². The van der Waals surface area contributed by atoms with Gasteiger partial charge < -0.3 is 10.5 Å². The highest BCUT2D eigenvalue weighted by atomic mass is 32.2. The summed E-state index contributed by atoms with van der Waals surface area (Å²) in [5.41, 5.74) is 4.85. The van der Waals surface area contributed by atoms with E-state index in [0.29, 0.717) is 12.8 Å². The molecule has 1 aliphatic rings. The lowest BCUT2D eigenvalue weighted by atomic mass is 10.0. The van der Waals surface area contributed by atoms with Gasteiger partial charge in [-0.2, -0.15) is 0 Å². The number of sulfonamides is 1. The molecule has 0 amide bonds. The van der Waals surface area contributed by atoms with Crippen LogP contribution in [0.1, 0.15) is 25.7 Å². The van der Waals surface area contributed by atoms with Crippen molar-refractivity contribution in [2.24, 2.45) is 5.73 Å². The molecule has 22 heavy (non-hydrogen) atoms. The SMILES string of the molecule is NCC1(NS(=O)(=O)c2ccccc2OC(F)(F)F)CCCC1. The Hall–Kier alpha value is -1.32. The summed E-state index contributed by atoms with van der Waals surface area (Å²) in [5, 5.41) is 0. The first-order valence-electron chi connectivity index (χ1n) is 6.76. The predicted molar refractivity (Wildman–Crippen MR) is 73.7 cm³/mol. The summed E-state index contributed by atoms with van der Waals surface area (Å²) in [4.78, 5) is -0.549. The summed E-state index contributed by atoms with van der Waals surface area (Å²) in [5.74, 6) is -0.757. The second-order valence-corrected chi connectivity index (χ2v) is 6.94. The summed E-state index contributed by atoms with van der Waals surface area (Å²) in [6, 6.07) is 4.64. The van der Waals surface area contributed by atoms with E-state index < -0.39 is 32.6 Å². The summed E-state index contributed by atoms with van der Waals surface area (Å²) >= 11 is 0. The van der Waals surface area contributed by atoms with Gasteiger partial charge in [-0.15, -0.1) is 13.2 Å². The molecule has 0 bridgehead atoms. The van der Waals surface area contributed by atoms with Crippen LogP contribution in [-0.4, -0.2) is 26.9 Å². The molecule has 0 aliphatic heterocycles. The molecule has 124 valence electrons. The molecule has 0 unspecified atom stereocenters. The minimum atomic E-state index is -4.97. The van der Waals surface area contributed by atoms with E-state index in [0.717, 1.165) is 25.0 Å². The topological polar surface area (TPSA) is 81.4 Å². The van der Waals surface area contributed by atoms with Crippen molar-refractivity contribution in [2.45, 2.75) is 42.5 Å². The van der Waals surface area contributed by atoms with Crippen LogP contribution in [0.3, 0.4) is 0 Å². The van der Waals surface area contributed by atoms with E-state index in [4.69, 9.17) is 5.73 Å². The minimum absolute atomic E-state index is 0.0918. The maximum Gasteiger partial charge on any atom is 0.573 e. The third kappa shape index (κ3) is 3.90. The van der Waals surface area contributed by atoms with Crippen molar-refractivity contribution in [3.8, 4) is 5.75 Å². The number of alkyl halides is 3. The molecule has 0 heterocycles. The number of benzene rings is 1. The molecule has 5 nitrogen and oxygen atoms in total. The molecular formula is C13H17F3N2O3S. The average Bonchev–Trinajstić information content (AvgIpc) is 2.86. The van der Waals surface area contributed by atoms with Crippen molar-refractivity contribution < 1.29 is 26.3 Å². The first kappa shape index (κ1) is 17.0. The van der Waals surface area contributed by atoms with E-state index in [2.05, 4.69) is 9.46 Å². The van der Waals surface area contributed by atoms with Crippen LogP contribution in [0.4, 0.5) is 13.2 Å². The number of hydrogen-bond donors (Lipinski definition) is 2. The van der Waals surface area contributed by atoms with Crippen molar-refractivity contribution in [1.82, 2.24) is 4.72 Å². The number of nitrogens with one attached hydrogen (secondary N) is 1. The largest absolute Gasteiger partial charge is 0.573 e. The fourth-order valence-corrected chi connectivity index (χ4v) is 4.22. The Balaban J connectivity index is 2.33. The molecule has 1 aliphatic carbocycles. The predicted octanol–water partition coefficient (Wildman–Crippen LogP) is 2.13. The maximum atomic E-state index is 12.4. The Labute approximate surface area is 126 Å². The van der Waals surface area contributed by atoms with Crippen LogP contribution in [0.2, 0.25) is 0 Å². The van der Waals surface area contributed by atoms with E-state index >= 15 is 0 Å². The quantitative estimate of drug-likeness (QED) is 0.862. The van der Waals surface area contributed by atoms with Crippen LogP contribution in [-0.2, 0) is 10.0 Å². The Morgan fingerprint density at radius 1 is 1.23 bits per heavy atom. The molecule has 2 rings (SSSR count). The van der Waals surface area contributed by atoms with Crippen LogP contribution in [0.15, 0.2) is 29.2 Å². The second kappa shape index (κ2) is 6.05. The second-order valence-electron chi connectivity index (χ2n) is 5.29. The first-order valence-corrected chi connectivity index (χ1v) is 8.25. The van der Waals surface area contributed by atoms with Gasteiger partial charge in [0.1, 0.15) is 10.6 Å². The number of para-hydroxylation sites is 1. The van der Waals surface area contributed by atoms with Crippen LogP contribution in [0.25, 0.3) is 0 Å². The lowest BCUT2D eigenvalue weighted by molar-refractivity contribution is -0.275. The van der Waals surface area contributed by atoms with Gasteiger partial charge in [0.2, 0.25) is 10.0 Å². The molecule has 1 fully saturated rings. The highest BCUT2D eigenvalue weighted by Crippen LogP contribution is 2.33. The average molecular weight is 338 g/mol. The van der Waals surface area contributed by atoms with E-state index in [1.165, 1.54) is 12.1 Å². The van der Waals surface area contributed by atoms with Crippen LogP contribution < -0.4 is 15.2 Å². The molecule has 0 saturated heterocycles. The fraction of sp³-hybridized carbons (Fsp3) is 0.538. The van der Waals surface area contributed by atoms with Crippen molar-refractivity contribution in [3.63, 3.8) is 0 Å². The monoisotopic (exact) mass is 338 g/mol. The van der Waals surface area contributed by atoms with Gasteiger partial charge in [0, 0.05) is 12.1 Å². The summed E-state index contributed by atoms with van der Waals surface area (Å²) in [6.07, 6.45) is -2.21. The maximum absolute atomic E-state index is 12.4. The van der Waals surface area contributed by atoms with Crippen LogP contribution in [0.5, 0.6) is 5.75 Å². The molecule has 9 heteroatoms. The van der Waals surface area contributed by atoms with Crippen LogP contribution in [0, 0.1) is 0 Å². The smallest absolute Gasteiger partial charge is 0.404 e. The van der Waals surface area contributed by atoms with Gasteiger partial charge in [0.25, 0.3) is 0 Å². The zero-order chi connectivity index (χ0) is 16.4. The third-order valence-corrected chi connectivity index (χ3v) is 5.28. The van der Waals surface area contributed by atoms with E-state index in [-0.39, 0.29) is 6.54 Å². The minimum Gasteiger partial charge on any atom is -0.404 e. The molecule has 1 aromatic rings. The Kier molecular flexibility index (Phi) is 4.69. The zero-order valence-electron chi connectivity index (χ0n) is 11.7. The van der Waals surface area contributed by atoms with Crippen molar-refractivity contribution in [3.05, 3.63) is 24.3 Å². The Morgan fingerprint density at radius 2 is 1.82 bits per heavy atom. The lowest BCUT2D eigenvalue weighted by Crippen LogP contribution is -2.51. The number of nitrogens with two attached hydrogens (primary N) is 1. The zero-order valence-corrected chi connectivity index (χ0v) is 12.5. The molecule has 0 atom stereocenters. The highest BCUT2D eigenvalue weighted by molar-refractivity contribution is 7.89. The molecule has 0 radical (unpaired) electrons. The molecular weight excluding hydrogens is 321 g/mol. The van der Waals surface area contributed by atoms with Gasteiger partial charge in [-0.25, -0.2) is 13.1 Å². The summed E-state index contributed by atoms with van der Waals surface area (Å²) in [7, 11) is -4.17. The summed E-state index contributed by atoms with van der Waals surface area (Å²) < 4.78 is 68.3. The van der Waals surface area contributed by atoms with E-state index in [1.807, 2.05) is 0 Å². The number of ether oxygens (including phenoxy) is 1. The van der Waals surface area contributed by atoms with Gasteiger partial charge in [-0.05, 0) is 25.0 Å². The number of rotatable bonds is 5. The molecule has 0 spiro atoms. The van der Waals surface area contributed by atoms with Gasteiger partial charge in [-0.3, -0.25) is 0 Å². The van der Waals surface area contributed by atoms with Crippen LogP contribution >= 0.6 is 0 Å². The van der Waals surface area contributed by atoms with Gasteiger partial charge in [-0.1, -0.05) is 25.0 Å². The van der Waals surface area contributed by atoms with Gasteiger partial charge in [0.05, 0.1) is 0 Å². The summed E-state index contributed by atoms with van der Waals surface area (Å²) in [6.45, 7) is 0.0918. The standard InChI is InChI=1S/C13H17F3N2O3S/c14-13(15,16)21-10-5-1-2-6-11(10)22(19,20)18-12(9-17)7-3-4-8-12/h1-2,5-6,18H,3-4,7-9,17H2. The third-order valence-electron chi connectivity index (χ3n) is 3.67. The van der Waals surface area contributed by atoms with Gasteiger partial charge >= 0.3 is 6.36 Å². The molecule has 3 N–H and O–H groups in total. The Morgan fingerprint density at radius 3 is 2.36 bits per heavy atom. The molecule has 1 saturated carbocycles. The molecule has 1 aromatic carbocycles. The van der Waals surface area contributed by atoms with Gasteiger partial charge in [0.15, 0.2) is 0 Å². The Bertz CT molecular complexity index is 626. The van der Waals surface area contributed by atoms with E-state index in [1.54, 1.807) is 0 Å². The lowest BCUT2D eigenvalue weighted by Gasteiger charge is -2.28. The number of hydrogen-bond acceptors (Lipinski definition) is 4. The van der Waals surface area contributed by atoms with E-state index in [9.17, 15) is 21.6 Å². The first-order chi connectivity index (χ1) is 10.2. The normalized spacial score (nSPS) is 18.4.